The number of nitrogens with zero attached hydrogens (tertiary/aromatic N) is 2. The maximum Gasteiger partial charge on any atom is 0.255 e. The molecular weight excluding hydrogens is 260 g/mol. The molecule has 100 valence electrons. The van der Waals surface area contributed by atoms with Gasteiger partial charge in [-0.15, -0.1) is 11.3 Å². The van der Waals surface area contributed by atoms with Gasteiger partial charge in [-0.2, -0.15) is 0 Å². The van der Waals surface area contributed by atoms with Crippen molar-refractivity contribution in [2.45, 2.75) is 20.4 Å². The molecule has 0 saturated heterocycles. The van der Waals surface area contributed by atoms with Crippen molar-refractivity contribution >= 4 is 22.9 Å². The highest BCUT2D eigenvalue weighted by molar-refractivity contribution is 7.11. The normalized spacial score (nSPS) is 10.3. The van der Waals surface area contributed by atoms with Crippen molar-refractivity contribution in [2.75, 3.05) is 12.4 Å². The van der Waals surface area contributed by atoms with Crippen molar-refractivity contribution in [3.05, 3.63) is 39.6 Å². The van der Waals surface area contributed by atoms with E-state index in [1.807, 2.05) is 19.9 Å². The van der Waals surface area contributed by atoms with Crippen LogP contribution in [0, 0.1) is 13.8 Å². The van der Waals surface area contributed by atoms with E-state index < -0.39 is 0 Å². The lowest BCUT2D eigenvalue weighted by atomic mass is 10.2. The molecule has 0 aliphatic carbocycles. The number of thiazole rings is 1. The summed E-state index contributed by atoms with van der Waals surface area (Å²) in [4.78, 5) is 21.5. The topological polar surface area (TPSA) is 66.9 Å². The second-order valence-electron chi connectivity index (χ2n) is 4.15. The molecule has 2 N–H and O–H groups in total. The number of pyridine rings is 1. The molecule has 1 amide bonds. The molecule has 0 spiro atoms. The number of hydrogen-bond donors (Lipinski definition) is 2. The van der Waals surface area contributed by atoms with Crippen LogP contribution in [0.25, 0.3) is 0 Å². The number of anilines is 1. The molecule has 0 aromatic carbocycles. The van der Waals surface area contributed by atoms with E-state index >= 15 is 0 Å². The van der Waals surface area contributed by atoms with Crippen LogP contribution in [0.4, 0.5) is 5.69 Å². The molecule has 0 fully saturated rings. The summed E-state index contributed by atoms with van der Waals surface area (Å²) in [5.74, 6) is -0.136. The number of nitrogens with one attached hydrogen (secondary N) is 2. The van der Waals surface area contributed by atoms with E-state index in [4.69, 9.17) is 0 Å². The van der Waals surface area contributed by atoms with Crippen LogP contribution in [0.1, 0.15) is 25.9 Å². The Morgan fingerprint density at radius 3 is 2.74 bits per heavy atom. The lowest BCUT2D eigenvalue weighted by molar-refractivity contribution is 0.0951. The highest BCUT2D eigenvalue weighted by atomic mass is 32.1. The zero-order valence-corrected chi connectivity index (χ0v) is 12.0. The Morgan fingerprint density at radius 1 is 1.32 bits per heavy atom. The molecule has 0 aliphatic rings. The highest BCUT2D eigenvalue weighted by Gasteiger charge is 2.11. The molecule has 6 heteroatoms. The molecule has 5 nitrogen and oxygen atoms in total. The first-order chi connectivity index (χ1) is 9.10. The van der Waals surface area contributed by atoms with E-state index in [-0.39, 0.29) is 5.91 Å². The first-order valence-electron chi connectivity index (χ1n) is 5.94. The number of aryl methyl sites for hydroxylation is 2. The van der Waals surface area contributed by atoms with Crippen molar-refractivity contribution in [1.29, 1.82) is 0 Å². The van der Waals surface area contributed by atoms with Crippen molar-refractivity contribution in [3.8, 4) is 0 Å². The fourth-order valence-corrected chi connectivity index (χ4v) is 2.43. The summed E-state index contributed by atoms with van der Waals surface area (Å²) in [6.07, 6.45) is 3.38. The number of amides is 1. The van der Waals surface area contributed by atoms with E-state index in [1.54, 1.807) is 30.8 Å². The van der Waals surface area contributed by atoms with Gasteiger partial charge in [0.2, 0.25) is 0 Å². The number of carbonyl (C=O) groups is 1. The Bertz CT molecular complexity index is 594. The van der Waals surface area contributed by atoms with Crippen LogP contribution in [0.5, 0.6) is 0 Å². The van der Waals surface area contributed by atoms with Gasteiger partial charge in [0, 0.05) is 30.0 Å². The van der Waals surface area contributed by atoms with Gasteiger partial charge < -0.3 is 10.6 Å². The predicted molar refractivity (Wildman–Crippen MR) is 76.5 cm³/mol. The summed E-state index contributed by atoms with van der Waals surface area (Å²) in [5, 5.41) is 6.88. The monoisotopic (exact) mass is 276 g/mol. The van der Waals surface area contributed by atoms with Crippen molar-refractivity contribution in [2.24, 2.45) is 0 Å². The third-order valence-electron chi connectivity index (χ3n) is 2.65. The average molecular weight is 276 g/mol. The zero-order chi connectivity index (χ0) is 13.8. The van der Waals surface area contributed by atoms with Crippen LogP contribution >= 0.6 is 11.3 Å². The SMILES string of the molecule is CNc1cc(C)ncc1C(=O)NCc1cnc(C)s1. The number of rotatable bonds is 4. The van der Waals surface area contributed by atoms with Crippen LogP contribution in [0.15, 0.2) is 18.5 Å². The minimum atomic E-state index is -0.136. The smallest absolute Gasteiger partial charge is 0.255 e. The average Bonchev–Trinajstić information content (AvgIpc) is 2.81. The largest absolute Gasteiger partial charge is 0.387 e. The van der Waals surface area contributed by atoms with Gasteiger partial charge >= 0.3 is 0 Å². The van der Waals surface area contributed by atoms with E-state index in [1.165, 1.54) is 0 Å². The van der Waals surface area contributed by atoms with E-state index in [2.05, 4.69) is 20.6 Å². The van der Waals surface area contributed by atoms with E-state index in [0.29, 0.717) is 12.1 Å². The summed E-state index contributed by atoms with van der Waals surface area (Å²) < 4.78 is 0. The second kappa shape index (κ2) is 5.79. The maximum absolute atomic E-state index is 12.1. The first-order valence-corrected chi connectivity index (χ1v) is 6.75. The van der Waals surface area contributed by atoms with Crippen molar-refractivity contribution < 1.29 is 4.79 Å². The standard InChI is InChI=1S/C13H16N4OS/c1-8-4-12(14-3)11(7-15-8)13(18)17-6-10-5-16-9(2)19-10/h4-5,7H,6H2,1-3H3,(H,14,15)(H,17,18). The number of carbonyl (C=O) groups excluding carboxylic acids is 1. The number of aromatic nitrogens is 2. The molecule has 2 rings (SSSR count). The van der Waals surface area contributed by atoms with Crippen LogP contribution in [-0.2, 0) is 6.54 Å². The van der Waals surface area contributed by atoms with Crippen molar-refractivity contribution in [3.63, 3.8) is 0 Å². The van der Waals surface area contributed by atoms with Gasteiger partial charge in [-0.05, 0) is 19.9 Å². The fourth-order valence-electron chi connectivity index (χ4n) is 1.70. The van der Waals surface area contributed by atoms with Gasteiger partial charge in [0.15, 0.2) is 0 Å². The molecule has 0 bridgehead atoms. The van der Waals surface area contributed by atoms with Crippen LogP contribution in [0.3, 0.4) is 0 Å². The molecule has 0 aliphatic heterocycles. The predicted octanol–water partition coefficient (Wildman–Crippen LogP) is 2.13. The lowest BCUT2D eigenvalue weighted by Gasteiger charge is -2.09. The first kappa shape index (κ1) is 13.5. The van der Waals surface area contributed by atoms with Gasteiger partial charge in [0.25, 0.3) is 5.91 Å². The summed E-state index contributed by atoms with van der Waals surface area (Å²) in [6, 6.07) is 1.85. The quantitative estimate of drug-likeness (QED) is 0.897. The molecule has 0 radical (unpaired) electrons. The van der Waals surface area contributed by atoms with Crippen LogP contribution in [-0.4, -0.2) is 22.9 Å². The van der Waals surface area contributed by atoms with Gasteiger partial charge in [-0.1, -0.05) is 0 Å². The molecule has 2 heterocycles. The molecule has 0 unspecified atom stereocenters. The summed E-state index contributed by atoms with van der Waals surface area (Å²) in [6.45, 7) is 4.32. The lowest BCUT2D eigenvalue weighted by Crippen LogP contribution is -2.23. The number of hydrogen-bond acceptors (Lipinski definition) is 5. The van der Waals surface area contributed by atoms with E-state index in [9.17, 15) is 4.79 Å². The molecular formula is C13H16N4OS. The third-order valence-corrected chi connectivity index (χ3v) is 3.56. The van der Waals surface area contributed by atoms with Crippen LogP contribution < -0.4 is 10.6 Å². The summed E-state index contributed by atoms with van der Waals surface area (Å²) >= 11 is 1.58. The van der Waals surface area contributed by atoms with Gasteiger partial charge in [0.1, 0.15) is 0 Å². The molecule has 19 heavy (non-hydrogen) atoms. The second-order valence-corrected chi connectivity index (χ2v) is 5.47. The molecule has 0 atom stereocenters. The minimum Gasteiger partial charge on any atom is -0.387 e. The summed E-state index contributed by atoms with van der Waals surface area (Å²) in [7, 11) is 1.79. The van der Waals surface area contributed by atoms with Crippen molar-refractivity contribution in [1.82, 2.24) is 15.3 Å². The van der Waals surface area contributed by atoms with E-state index in [0.717, 1.165) is 21.3 Å². The Balaban J connectivity index is 2.07. The Hall–Kier alpha value is -1.95. The molecule has 0 saturated carbocycles. The third kappa shape index (κ3) is 3.29. The van der Waals surface area contributed by atoms with Gasteiger partial charge in [-0.3, -0.25) is 9.78 Å². The Morgan fingerprint density at radius 2 is 2.11 bits per heavy atom. The maximum atomic E-state index is 12.1. The minimum absolute atomic E-state index is 0.136. The van der Waals surface area contributed by atoms with Crippen LogP contribution in [0.2, 0.25) is 0 Å². The van der Waals surface area contributed by atoms with Gasteiger partial charge in [0.05, 0.1) is 22.8 Å². The Kier molecular flexibility index (Phi) is 4.11. The molecule has 2 aromatic heterocycles. The Labute approximate surface area is 116 Å². The summed E-state index contributed by atoms with van der Waals surface area (Å²) in [5.41, 5.74) is 2.21. The molecule has 2 aromatic rings. The highest BCUT2D eigenvalue weighted by Crippen LogP contribution is 2.16. The van der Waals surface area contributed by atoms with Gasteiger partial charge in [-0.25, -0.2) is 4.98 Å². The fraction of sp³-hybridized carbons (Fsp3) is 0.308. The zero-order valence-electron chi connectivity index (χ0n) is 11.2.